The normalized spacial score (nSPS) is 13.4. The van der Waals surface area contributed by atoms with Gasteiger partial charge >= 0.3 is 0 Å². The predicted molar refractivity (Wildman–Crippen MR) is 47.5 cm³/mol. The zero-order valence-corrected chi connectivity index (χ0v) is 7.48. The van der Waals surface area contributed by atoms with Crippen LogP contribution in [-0.4, -0.2) is 13.8 Å². The van der Waals surface area contributed by atoms with Crippen LogP contribution in [0.25, 0.3) is 0 Å². The van der Waals surface area contributed by atoms with E-state index in [0.29, 0.717) is 6.79 Å². The Labute approximate surface area is 75.2 Å². The van der Waals surface area contributed by atoms with Crippen LogP contribution in [0.5, 0.6) is 11.5 Å². The molecule has 1 aromatic carbocycles. The summed E-state index contributed by atoms with van der Waals surface area (Å²) >= 11 is 1.56. The van der Waals surface area contributed by atoms with E-state index >= 15 is 0 Å². The summed E-state index contributed by atoms with van der Waals surface area (Å²) in [6.07, 6.45) is 0. The molecular weight excluding hydrogens is 174 g/mol. The standard InChI is InChI=1S/C8H9NO2S/c1-9-12-6-2-3-7-8(4-6)11-5-10-7/h2-4,9H,5H2,1H3. The van der Waals surface area contributed by atoms with Crippen molar-refractivity contribution in [3.05, 3.63) is 18.2 Å². The lowest BCUT2D eigenvalue weighted by atomic mass is 10.3. The molecule has 12 heavy (non-hydrogen) atoms. The van der Waals surface area contributed by atoms with Crippen LogP contribution in [-0.2, 0) is 0 Å². The third-order valence-corrected chi connectivity index (χ3v) is 2.26. The van der Waals surface area contributed by atoms with Crippen LogP contribution < -0.4 is 14.2 Å². The van der Waals surface area contributed by atoms with Crippen molar-refractivity contribution in [2.75, 3.05) is 13.8 Å². The molecule has 4 heteroatoms. The fourth-order valence-corrected chi connectivity index (χ4v) is 1.60. The smallest absolute Gasteiger partial charge is 0.231 e. The Morgan fingerprint density at radius 2 is 2.17 bits per heavy atom. The van der Waals surface area contributed by atoms with Crippen molar-refractivity contribution in [2.24, 2.45) is 0 Å². The van der Waals surface area contributed by atoms with Gasteiger partial charge in [0.05, 0.1) is 0 Å². The molecule has 0 amide bonds. The zero-order valence-electron chi connectivity index (χ0n) is 6.66. The van der Waals surface area contributed by atoms with Gasteiger partial charge < -0.3 is 9.47 Å². The van der Waals surface area contributed by atoms with Crippen LogP contribution in [0.4, 0.5) is 0 Å². The van der Waals surface area contributed by atoms with Gasteiger partial charge in [0.1, 0.15) is 0 Å². The molecule has 1 aliphatic heterocycles. The van der Waals surface area contributed by atoms with Crippen LogP contribution in [0.1, 0.15) is 0 Å². The van der Waals surface area contributed by atoms with E-state index in [1.54, 1.807) is 11.9 Å². The van der Waals surface area contributed by atoms with Crippen LogP contribution in [0.2, 0.25) is 0 Å². The Balaban J connectivity index is 2.26. The minimum Gasteiger partial charge on any atom is -0.454 e. The van der Waals surface area contributed by atoms with Gasteiger partial charge in [-0.1, -0.05) is 0 Å². The summed E-state index contributed by atoms with van der Waals surface area (Å²) in [6.45, 7) is 0.336. The topological polar surface area (TPSA) is 30.5 Å². The molecule has 2 rings (SSSR count). The van der Waals surface area contributed by atoms with Gasteiger partial charge in [-0.25, -0.2) is 0 Å². The van der Waals surface area contributed by atoms with Gasteiger partial charge in [-0.05, 0) is 37.2 Å². The average molecular weight is 183 g/mol. The third-order valence-electron chi connectivity index (χ3n) is 1.56. The summed E-state index contributed by atoms with van der Waals surface area (Å²) in [7, 11) is 1.88. The van der Waals surface area contributed by atoms with Gasteiger partial charge in [0.2, 0.25) is 6.79 Å². The molecule has 0 aliphatic carbocycles. The predicted octanol–water partition coefficient (Wildman–Crippen LogP) is 1.64. The fourth-order valence-electron chi connectivity index (χ4n) is 1.06. The lowest BCUT2D eigenvalue weighted by molar-refractivity contribution is 0.174. The molecule has 1 aromatic rings. The van der Waals surface area contributed by atoms with E-state index in [9.17, 15) is 0 Å². The maximum Gasteiger partial charge on any atom is 0.231 e. The minimum atomic E-state index is 0.336. The second-order valence-electron chi connectivity index (χ2n) is 2.32. The van der Waals surface area contributed by atoms with E-state index in [4.69, 9.17) is 9.47 Å². The lowest BCUT2D eigenvalue weighted by Crippen LogP contribution is -1.93. The van der Waals surface area contributed by atoms with Crippen molar-refractivity contribution in [1.29, 1.82) is 0 Å². The molecule has 0 saturated carbocycles. The molecule has 0 spiro atoms. The molecule has 3 nitrogen and oxygen atoms in total. The van der Waals surface area contributed by atoms with Crippen LogP contribution in [0.3, 0.4) is 0 Å². The first-order chi connectivity index (χ1) is 5.90. The van der Waals surface area contributed by atoms with Gasteiger partial charge in [0.25, 0.3) is 0 Å². The van der Waals surface area contributed by atoms with Gasteiger partial charge in [0, 0.05) is 4.90 Å². The highest BCUT2D eigenvalue weighted by Crippen LogP contribution is 2.34. The van der Waals surface area contributed by atoms with Crippen LogP contribution in [0.15, 0.2) is 23.1 Å². The quantitative estimate of drug-likeness (QED) is 0.706. The first kappa shape index (κ1) is 7.76. The van der Waals surface area contributed by atoms with Crippen molar-refractivity contribution in [1.82, 2.24) is 4.72 Å². The van der Waals surface area contributed by atoms with E-state index < -0.39 is 0 Å². The molecule has 0 radical (unpaired) electrons. The number of benzene rings is 1. The van der Waals surface area contributed by atoms with E-state index in [0.717, 1.165) is 16.4 Å². The van der Waals surface area contributed by atoms with Crippen molar-refractivity contribution in [3.8, 4) is 11.5 Å². The van der Waals surface area contributed by atoms with Crippen molar-refractivity contribution in [3.63, 3.8) is 0 Å². The summed E-state index contributed by atoms with van der Waals surface area (Å²) in [5.74, 6) is 1.66. The Morgan fingerprint density at radius 3 is 3.00 bits per heavy atom. The van der Waals surface area contributed by atoms with Gasteiger partial charge in [-0.2, -0.15) is 0 Å². The van der Waals surface area contributed by atoms with Crippen LogP contribution in [0, 0.1) is 0 Å². The SMILES string of the molecule is CNSc1ccc2c(c1)OCO2. The first-order valence-electron chi connectivity index (χ1n) is 3.63. The number of ether oxygens (including phenoxy) is 2. The molecule has 64 valence electrons. The molecular formula is C8H9NO2S. The summed E-state index contributed by atoms with van der Waals surface area (Å²) in [6, 6.07) is 5.88. The summed E-state index contributed by atoms with van der Waals surface area (Å²) < 4.78 is 13.4. The third kappa shape index (κ3) is 1.35. The van der Waals surface area contributed by atoms with Crippen LogP contribution >= 0.6 is 11.9 Å². The fraction of sp³-hybridized carbons (Fsp3) is 0.250. The lowest BCUT2D eigenvalue weighted by Gasteiger charge is -1.99. The zero-order chi connectivity index (χ0) is 8.39. The molecule has 0 saturated heterocycles. The largest absolute Gasteiger partial charge is 0.454 e. The van der Waals surface area contributed by atoms with Crippen molar-refractivity contribution >= 4 is 11.9 Å². The molecule has 0 atom stereocenters. The molecule has 0 unspecified atom stereocenters. The van der Waals surface area contributed by atoms with Gasteiger partial charge in [0.15, 0.2) is 11.5 Å². The molecule has 1 N–H and O–H groups in total. The van der Waals surface area contributed by atoms with Gasteiger partial charge in [-0.15, -0.1) is 0 Å². The number of hydrogen-bond acceptors (Lipinski definition) is 4. The summed E-state index contributed by atoms with van der Waals surface area (Å²) in [5, 5.41) is 0. The monoisotopic (exact) mass is 183 g/mol. The number of nitrogens with one attached hydrogen (secondary N) is 1. The Hall–Kier alpha value is -0.870. The average Bonchev–Trinajstić information content (AvgIpc) is 2.51. The highest BCUT2D eigenvalue weighted by Gasteiger charge is 2.12. The minimum absolute atomic E-state index is 0.336. The van der Waals surface area contributed by atoms with E-state index in [-0.39, 0.29) is 0 Å². The van der Waals surface area contributed by atoms with E-state index in [1.165, 1.54) is 0 Å². The number of fused-ring (bicyclic) bond motifs is 1. The van der Waals surface area contributed by atoms with Crippen molar-refractivity contribution in [2.45, 2.75) is 4.90 Å². The first-order valence-corrected chi connectivity index (χ1v) is 4.45. The maximum atomic E-state index is 5.22. The number of hydrogen-bond donors (Lipinski definition) is 1. The van der Waals surface area contributed by atoms with Gasteiger partial charge in [-0.3, -0.25) is 4.72 Å². The second-order valence-corrected chi connectivity index (χ2v) is 3.41. The molecule has 0 aromatic heterocycles. The Kier molecular flexibility index (Phi) is 2.10. The number of rotatable bonds is 2. The van der Waals surface area contributed by atoms with E-state index in [2.05, 4.69) is 4.72 Å². The van der Waals surface area contributed by atoms with Crippen molar-refractivity contribution < 1.29 is 9.47 Å². The second kappa shape index (κ2) is 3.25. The molecule has 1 aliphatic rings. The molecule has 0 bridgehead atoms. The summed E-state index contributed by atoms with van der Waals surface area (Å²) in [5.41, 5.74) is 0. The Bertz CT molecular complexity index is 290. The maximum absolute atomic E-state index is 5.22. The van der Waals surface area contributed by atoms with E-state index in [1.807, 2.05) is 25.2 Å². The molecule has 0 fully saturated rings. The highest BCUT2D eigenvalue weighted by molar-refractivity contribution is 7.97. The molecule has 1 heterocycles. The highest BCUT2D eigenvalue weighted by atomic mass is 32.2. The Morgan fingerprint density at radius 1 is 1.33 bits per heavy atom. The summed E-state index contributed by atoms with van der Waals surface area (Å²) in [4.78, 5) is 1.13.